The lowest BCUT2D eigenvalue weighted by molar-refractivity contribution is 0.0725. The fourth-order valence-corrected chi connectivity index (χ4v) is 0.189. The Morgan fingerprint density at radius 2 is 2.12 bits per heavy atom. The van der Waals surface area contributed by atoms with Crippen molar-refractivity contribution in [2.24, 2.45) is 0 Å². The summed E-state index contributed by atoms with van der Waals surface area (Å²) in [6, 6.07) is 0. The standard InChI is InChI=1S/C5H10BrFO/c1-5(2,8)4(6)3-7/h4,8H,3H2,1-2H3. The van der Waals surface area contributed by atoms with Gasteiger partial charge in [0.05, 0.1) is 10.4 Å². The molecule has 0 rings (SSSR count). The molecule has 0 aromatic heterocycles. The van der Waals surface area contributed by atoms with Crippen LogP contribution in [0, 0.1) is 0 Å². The van der Waals surface area contributed by atoms with Gasteiger partial charge in [0.15, 0.2) is 0 Å². The van der Waals surface area contributed by atoms with Crippen LogP contribution < -0.4 is 0 Å². The van der Waals surface area contributed by atoms with Crippen molar-refractivity contribution in [3.63, 3.8) is 0 Å². The van der Waals surface area contributed by atoms with E-state index in [2.05, 4.69) is 15.9 Å². The molecule has 3 heteroatoms. The van der Waals surface area contributed by atoms with Gasteiger partial charge in [-0.05, 0) is 13.8 Å². The van der Waals surface area contributed by atoms with Gasteiger partial charge in [-0.1, -0.05) is 15.9 Å². The average molecular weight is 185 g/mol. The predicted molar refractivity (Wildman–Crippen MR) is 35.0 cm³/mol. The van der Waals surface area contributed by atoms with Crippen LogP contribution in [-0.4, -0.2) is 22.2 Å². The molecule has 50 valence electrons. The van der Waals surface area contributed by atoms with E-state index in [0.29, 0.717) is 0 Å². The molecule has 1 N–H and O–H groups in total. The van der Waals surface area contributed by atoms with Crippen molar-refractivity contribution in [3.8, 4) is 0 Å². The fraction of sp³-hybridized carbons (Fsp3) is 1.00. The lowest BCUT2D eigenvalue weighted by atomic mass is 10.1. The number of alkyl halides is 2. The maximum Gasteiger partial charge on any atom is 0.105 e. The molecule has 0 aliphatic carbocycles. The molecule has 0 fully saturated rings. The molecular formula is C5H10BrFO. The number of rotatable bonds is 2. The van der Waals surface area contributed by atoms with Crippen molar-refractivity contribution >= 4 is 15.9 Å². The summed E-state index contributed by atoms with van der Waals surface area (Å²) < 4.78 is 11.7. The van der Waals surface area contributed by atoms with E-state index >= 15 is 0 Å². The molecule has 8 heavy (non-hydrogen) atoms. The predicted octanol–water partition coefficient (Wildman–Crippen LogP) is 1.49. The highest BCUT2D eigenvalue weighted by atomic mass is 79.9. The highest BCUT2D eigenvalue weighted by Crippen LogP contribution is 2.16. The molecule has 0 bridgehead atoms. The van der Waals surface area contributed by atoms with Gasteiger partial charge in [0, 0.05) is 0 Å². The molecule has 0 aromatic carbocycles. The molecule has 1 unspecified atom stereocenters. The van der Waals surface area contributed by atoms with E-state index < -0.39 is 17.1 Å². The van der Waals surface area contributed by atoms with Crippen LogP contribution in [0.2, 0.25) is 0 Å². The summed E-state index contributed by atoms with van der Waals surface area (Å²) >= 11 is 2.97. The Morgan fingerprint density at radius 1 is 1.75 bits per heavy atom. The molecular weight excluding hydrogens is 175 g/mol. The molecule has 1 nitrogen and oxygen atoms in total. The molecule has 1 atom stereocenters. The van der Waals surface area contributed by atoms with Gasteiger partial charge < -0.3 is 5.11 Å². The third-order valence-electron chi connectivity index (χ3n) is 0.902. The van der Waals surface area contributed by atoms with E-state index in [0.717, 1.165) is 0 Å². The van der Waals surface area contributed by atoms with Crippen LogP contribution in [0.3, 0.4) is 0 Å². The molecule has 0 aromatic rings. The molecule has 0 aliphatic heterocycles. The van der Waals surface area contributed by atoms with Crippen molar-refractivity contribution < 1.29 is 9.50 Å². The Morgan fingerprint density at radius 3 is 2.12 bits per heavy atom. The van der Waals surface area contributed by atoms with Crippen LogP contribution in [0.4, 0.5) is 4.39 Å². The van der Waals surface area contributed by atoms with Crippen molar-refractivity contribution in [2.75, 3.05) is 6.67 Å². The zero-order chi connectivity index (χ0) is 6.78. The van der Waals surface area contributed by atoms with Crippen LogP contribution >= 0.6 is 15.9 Å². The summed E-state index contributed by atoms with van der Waals surface area (Å²) in [5.74, 6) is 0. The van der Waals surface area contributed by atoms with Gasteiger partial charge in [0.2, 0.25) is 0 Å². The van der Waals surface area contributed by atoms with Gasteiger partial charge in [-0.15, -0.1) is 0 Å². The highest BCUT2D eigenvalue weighted by molar-refractivity contribution is 9.09. The molecule has 0 saturated heterocycles. The minimum absolute atomic E-state index is 0.449. The molecule has 0 saturated carbocycles. The van der Waals surface area contributed by atoms with Crippen molar-refractivity contribution in [3.05, 3.63) is 0 Å². The Kier molecular flexibility index (Phi) is 2.91. The lowest BCUT2D eigenvalue weighted by Gasteiger charge is -2.20. The average Bonchev–Trinajstić information content (AvgIpc) is 1.62. The summed E-state index contributed by atoms with van der Waals surface area (Å²) in [5.41, 5.74) is -0.950. The second kappa shape index (κ2) is 2.78. The highest BCUT2D eigenvalue weighted by Gasteiger charge is 2.23. The van der Waals surface area contributed by atoms with Gasteiger partial charge >= 0.3 is 0 Å². The quantitative estimate of drug-likeness (QED) is 0.646. The Hall–Kier alpha value is 0.370. The first-order valence-electron chi connectivity index (χ1n) is 2.41. The first kappa shape index (κ1) is 8.37. The van der Waals surface area contributed by atoms with Crippen LogP contribution in [0.1, 0.15) is 13.8 Å². The van der Waals surface area contributed by atoms with Gasteiger partial charge in [-0.3, -0.25) is 0 Å². The fourth-order valence-electron chi connectivity index (χ4n) is 0.189. The smallest absolute Gasteiger partial charge is 0.105 e. The number of hydrogen-bond donors (Lipinski definition) is 1. The first-order valence-corrected chi connectivity index (χ1v) is 3.32. The first-order chi connectivity index (χ1) is 3.48. The molecule has 0 amide bonds. The largest absolute Gasteiger partial charge is 0.389 e. The van der Waals surface area contributed by atoms with Crippen LogP contribution in [-0.2, 0) is 0 Å². The van der Waals surface area contributed by atoms with Crippen LogP contribution in [0.25, 0.3) is 0 Å². The molecule has 0 spiro atoms. The summed E-state index contributed by atoms with van der Waals surface area (Å²) in [6.07, 6.45) is 0. The van der Waals surface area contributed by atoms with E-state index in [1.807, 2.05) is 0 Å². The number of halogens is 2. The van der Waals surface area contributed by atoms with E-state index in [1.165, 1.54) is 0 Å². The van der Waals surface area contributed by atoms with Crippen LogP contribution in [0.15, 0.2) is 0 Å². The van der Waals surface area contributed by atoms with Gasteiger partial charge in [0.1, 0.15) is 6.67 Å². The maximum atomic E-state index is 11.7. The maximum absolute atomic E-state index is 11.7. The Bertz CT molecular complexity index is 69.3. The van der Waals surface area contributed by atoms with Crippen molar-refractivity contribution in [1.29, 1.82) is 0 Å². The van der Waals surface area contributed by atoms with Gasteiger partial charge in [-0.2, -0.15) is 0 Å². The summed E-state index contributed by atoms with van der Waals surface area (Å²) in [4.78, 5) is -0.449. The van der Waals surface area contributed by atoms with Gasteiger partial charge in [0.25, 0.3) is 0 Å². The van der Waals surface area contributed by atoms with E-state index in [-0.39, 0.29) is 0 Å². The lowest BCUT2D eigenvalue weighted by Crippen LogP contribution is -2.32. The van der Waals surface area contributed by atoms with Crippen molar-refractivity contribution in [1.82, 2.24) is 0 Å². The summed E-state index contributed by atoms with van der Waals surface area (Å²) in [7, 11) is 0. The normalized spacial score (nSPS) is 16.1. The van der Waals surface area contributed by atoms with E-state index in [9.17, 15) is 4.39 Å². The minimum atomic E-state index is -0.950. The molecule has 0 radical (unpaired) electrons. The topological polar surface area (TPSA) is 20.2 Å². The molecule has 0 heterocycles. The summed E-state index contributed by atoms with van der Waals surface area (Å²) in [6.45, 7) is 2.58. The zero-order valence-electron chi connectivity index (χ0n) is 4.99. The number of aliphatic hydroxyl groups is 1. The minimum Gasteiger partial charge on any atom is -0.389 e. The van der Waals surface area contributed by atoms with Gasteiger partial charge in [-0.25, -0.2) is 4.39 Å². The SMILES string of the molecule is CC(C)(O)C(Br)CF. The van der Waals surface area contributed by atoms with Crippen LogP contribution in [0.5, 0.6) is 0 Å². The zero-order valence-corrected chi connectivity index (χ0v) is 6.57. The van der Waals surface area contributed by atoms with E-state index in [1.54, 1.807) is 13.8 Å². The molecule has 0 aliphatic rings. The van der Waals surface area contributed by atoms with Crippen molar-refractivity contribution in [2.45, 2.75) is 24.3 Å². The second-order valence-electron chi connectivity index (χ2n) is 2.28. The monoisotopic (exact) mass is 184 g/mol. The summed E-state index contributed by atoms with van der Waals surface area (Å²) in [5, 5.41) is 9.00. The third-order valence-corrected chi connectivity index (χ3v) is 2.27. The Labute approximate surface area is 57.0 Å². The van der Waals surface area contributed by atoms with E-state index in [4.69, 9.17) is 5.11 Å². The number of hydrogen-bond acceptors (Lipinski definition) is 1. The Balaban J connectivity index is 3.62. The third kappa shape index (κ3) is 2.62. The second-order valence-corrected chi connectivity index (χ2v) is 3.38.